The summed E-state index contributed by atoms with van der Waals surface area (Å²) in [6.07, 6.45) is -12.5. The number of carbonyl (C=O) groups is 1. The summed E-state index contributed by atoms with van der Waals surface area (Å²) >= 11 is 5.09. The average Bonchev–Trinajstić information content (AvgIpc) is 2.44. The third-order valence-electron chi connectivity index (χ3n) is 2.96. The van der Waals surface area contributed by atoms with Crippen molar-refractivity contribution >= 4 is 17.4 Å². The van der Waals surface area contributed by atoms with Crippen molar-refractivity contribution in [2.45, 2.75) is 30.1 Å². The molecule has 0 aliphatic carbocycles. The highest BCUT2D eigenvalue weighted by Gasteiger charge is 2.83. The predicted molar refractivity (Wildman–Crippen MR) is 61.7 cm³/mol. The van der Waals surface area contributed by atoms with Gasteiger partial charge in [-0.3, -0.25) is 4.79 Å². The van der Waals surface area contributed by atoms with Gasteiger partial charge in [0.05, 0.1) is 10.6 Å². The Labute approximate surface area is 140 Å². The first-order chi connectivity index (χ1) is 11.3. The number of alkyl halides is 12. The van der Waals surface area contributed by atoms with Crippen LogP contribution in [0.5, 0.6) is 0 Å². The van der Waals surface area contributed by atoms with Gasteiger partial charge >= 0.3 is 30.1 Å². The molecule has 0 saturated heterocycles. The number of hydrogen-bond donors (Lipinski definition) is 0. The Morgan fingerprint density at radius 2 is 1.23 bits per heavy atom. The van der Waals surface area contributed by atoms with Crippen LogP contribution in [0.3, 0.4) is 0 Å². The molecule has 0 radical (unpaired) electrons. The lowest BCUT2D eigenvalue weighted by Gasteiger charge is -2.32. The number of carbonyl (C=O) groups excluding carboxylic acids is 1. The van der Waals surface area contributed by atoms with E-state index in [2.05, 4.69) is 0 Å². The zero-order valence-electron chi connectivity index (χ0n) is 11.6. The van der Waals surface area contributed by atoms with Crippen molar-refractivity contribution in [2.24, 2.45) is 0 Å². The minimum Gasteiger partial charge on any atom is -0.287 e. The van der Waals surface area contributed by atoms with E-state index in [1.807, 2.05) is 0 Å². The summed E-state index contributed by atoms with van der Waals surface area (Å²) in [5, 5.41) is -1.16. The normalized spacial score (nSPS) is 14.5. The van der Waals surface area contributed by atoms with E-state index in [1.165, 1.54) is 0 Å². The third kappa shape index (κ3) is 3.45. The van der Waals surface area contributed by atoms with Gasteiger partial charge in [0, 0.05) is 5.56 Å². The van der Waals surface area contributed by atoms with E-state index in [0.29, 0.717) is 0 Å². The standard InChI is InChI=1S/C12H3ClF12O/c13-6-2-1-4(3-5(6)9(16,17)18)7(26)8(14,15)10(19,20)11(21,22)12(23,24)25/h1-3H. The van der Waals surface area contributed by atoms with Crippen molar-refractivity contribution in [3.63, 3.8) is 0 Å². The van der Waals surface area contributed by atoms with Crippen LogP contribution in [-0.2, 0) is 6.18 Å². The highest BCUT2D eigenvalue weighted by molar-refractivity contribution is 6.31. The molecular formula is C12H3ClF12O. The number of ketones is 1. The van der Waals surface area contributed by atoms with Crippen molar-refractivity contribution in [1.82, 2.24) is 0 Å². The van der Waals surface area contributed by atoms with E-state index >= 15 is 0 Å². The molecule has 1 aromatic rings. The first kappa shape index (κ1) is 22.4. The zero-order chi connectivity index (χ0) is 20.9. The van der Waals surface area contributed by atoms with Gasteiger partial charge in [-0.2, -0.15) is 52.7 Å². The highest BCUT2D eigenvalue weighted by atomic mass is 35.5. The maximum absolute atomic E-state index is 13.4. The second-order valence-corrected chi connectivity index (χ2v) is 5.15. The average molecular weight is 427 g/mol. The largest absolute Gasteiger partial charge is 0.460 e. The Hall–Kier alpha value is -1.66. The summed E-state index contributed by atoms with van der Waals surface area (Å²) in [5.41, 5.74) is -3.86. The zero-order valence-corrected chi connectivity index (χ0v) is 12.3. The lowest BCUT2D eigenvalue weighted by atomic mass is 9.95. The van der Waals surface area contributed by atoms with Gasteiger partial charge in [-0.25, -0.2) is 0 Å². The minimum absolute atomic E-state index is 0.0373. The van der Waals surface area contributed by atoms with Gasteiger partial charge in [-0.05, 0) is 18.2 Å². The van der Waals surface area contributed by atoms with Crippen LogP contribution in [0.1, 0.15) is 15.9 Å². The van der Waals surface area contributed by atoms with Crippen LogP contribution >= 0.6 is 11.6 Å². The fourth-order valence-corrected chi connectivity index (χ4v) is 1.81. The molecule has 0 bridgehead atoms. The molecule has 26 heavy (non-hydrogen) atoms. The SMILES string of the molecule is O=C(c1ccc(Cl)c(C(F)(F)F)c1)C(F)(F)C(F)(F)C(F)(F)C(F)(F)F. The van der Waals surface area contributed by atoms with Gasteiger partial charge in [-0.1, -0.05) is 11.6 Å². The number of Topliss-reactive ketones (excluding diaryl/α,β-unsaturated/α-hetero) is 1. The fourth-order valence-electron chi connectivity index (χ4n) is 1.58. The molecule has 0 unspecified atom stereocenters. The molecule has 1 rings (SSSR count). The summed E-state index contributed by atoms with van der Waals surface area (Å²) in [5.74, 6) is -24.7. The van der Waals surface area contributed by atoms with Crippen LogP contribution in [-0.4, -0.2) is 29.7 Å². The molecule has 1 aromatic carbocycles. The summed E-state index contributed by atoms with van der Waals surface area (Å²) in [7, 11) is 0. The van der Waals surface area contributed by atoms with Gasteiger partial charge in [-0.15, -0.1) is 0 Å². The smallest absolute Gasteiger partial charge is 0.287 e. The number of halogens is 13. The van der Waals surface area contributed by atoms with Gasteiger partial charge in [0.2, 0.25) is 5.78 Å². The van der Waals surface area contributed by atoms with Crippen LogP contribution in [0.25, 0.3) is 0 Å². The maximum Gasteiger partial charge on any atom is 0.460 e. The number of benzene rings is 1. The third-order valence-corrected chi connectivity index (χ3v) is 3.29. The molecule has 148 valence electrons. The molecule has 0 aliphatic heterocycles. The van der Waals surface area contributed by atoms with Crippen LogP contribution in [0, 0.1) is 0 Å². The van der Waals surface area contributed by atoms with Crippen molar-refractivity contribution in [2.75, 3.05) is 0 Å². The molecule has 0 amide bonds. The van der Waals surface area contributed by atoms with Crippen molar-refractivity contribution in [3.8, 4) is 0 Å². The van der Waals surface area contributed by atoms with Gasteiger partial charge < -0.3 is 0 Å². The molecule has 0 N–H and O–H groups in total. The Kier molecular flexibility index (Phi) is 5.34. The van der Waals surface area contributed by atoms with E-state index < -0.39 is 58.1 Å². The van der Waals surface area contributed by atoms with Crippen LogP contribution in [0.15, 0.2) is 18.2 Å². The van der Waals surface area contributed by atoms with E-state index in [4.69, 9.17) is 11.6 Å². The Morgan fingerprint density at radius 1 is 0.769 bits per heavy atom. The molecule has 0 aromatic heterocycles. The molecule has 0 saturated carbocycles. The quantitative estimate of drug-likeness (QED) is 0.426. The lowest BCUT2D eigenvalue weighted by molar-refractivity contribution is -0.386. The lowest BCUT2D eigenvalue weighted by Crippen LogP contribution is -2.63. The van der Waals surface area contributed by atoms with E-state index in [0.717, 1.165) is 0 Å². The van der Waals surface area contributed by atoms with Gasteiger partial charge in [0.1, 0.15) is 0 Å². The summed E-state index contributed by atoms with van der Waals surface area (Å²) in [4.78, 5) is 11.3. The molecule has 0 fully saturated rings. The molecule has 14 heteroatoms. The second-order valence-electron chi connectivity index (χ2n) is 4.74. The monoisotopic (exact) mass is 426 g/mol. The summed E-state index contributed by atoms with van der Waals surface area (Å²) in [6, 6.07) is -0.274. The van der Waals surface area contributed by atoms with Crippen LogP contribution < -0.4 is 0 Å². The van der Waals surface area contributed by atoms with E-state index in [1.54, 1.807) is 0 Å². The minimum atomic E-state index is -7.35. The van der Waals surface area contributed by atoms with Crippen molar-refractivity contribution < 1.29 is 57.5 Å². The second kappa shape index (κ2) is 6.20. The molecule has 0 heterocycles. The maximum atomic E-state index is 13.4. The molecule has 0 spiro atoms. The summed E-state index contributed by atoms with van der Waals surface area (Å²) < 4.78 is 152. The Morgan fingerprint density at radius 3 is 1.62 bits per heavy atom. The van der Waals surface area contributed by atoms with E-state index in [9.17, 15) is 57.5 Å². The van der Waals surface area contributed by atoms with Crippen molar-refractivity contribution in [3.05, 3.63) is 34.3 Å². The highest BCUT2D eigenvalue weighted by Crippen LogP contribution is 2.54. The van der Waals surface area contributed by atoms with Gasteiger partial charge in [0.15, 0.2) is 0 Å². The van der Waals surface area contributed by atoms with E-state index in [-0.39, 0.29) is 12.1 Å². The molecule has 0 aliphatic rings. The first-order valence-corrected chi connectivity index (χ1v) is 6.28. The van der Waals surface area contributed by atoms with Crippen molar-refractivity contribution in [1.29, 1.82) is 0 Å². The predicted octanol–water partition coefficient (Wildman–Crippen LogP) is 6.01. The summed E-state index contributed by atoms with van der Waals surface area (Å²) in [6.45, 7) is 0. The molecule has 1 nitrogen and oxygen atoms in total. The molecular weight excluding hydrogens is 424 g/mol. The topological polar surface area (TPSA) is 17.1 Å². The van der Waals surface area contributed by atoms with Crippen LogP contribution in [0.4, 0.5) is 52.7 Å². The number of rotatable bonds is 4. The van der Waals surface area contributed by atoms with Crippen LogP contribution in [0.2, 0.25) is 5.02 Å². The Balaban J connectivity index is 3.49. The Bertz CT molecular complexity index is 703. The molecule has 0 atom stereocenters. The van der Waals surface area contributed by atoms with Gasteiger partial charge in [0.25, 0.3) is 0 Å². The number of hydrogen-bond acceptors (Lipinski definition) is 1. The fraction of sp³-hybridized carbons (Fsp3) is 0.417. The first-order valence-electron chi connectivity index (χ1n) is 5.90.